The number of aromatic nitrogens is 1. The molecule has 4 rings (SSSR count). The summed E-state index contributed by atoms with van der Waals surface area (Å²) in [7, 11) is 0. The molecule has 0 saturated carbocycles. The van der Waals surface area contributed by atoms with Crippen LogP contribution in [0.1, 0.15) is 72.9 Å². The Morgan fingerprint density at radius 1 is 1.12 bits per heavy atom. The number of benzene rings is 2. The van der Waals surface area contributed by atoms with Gasteiger partial charge < -0.3 is 19.7 Å². The van der Waals surface area contributed by atoms with Gasteiger partial charge in [0, 0.05) is 53.8 Å². The first kappa shape index (κ1) is 32.5. The Morgan fingerprint density at radius 2 is 1.84 bits per heavy atom. The third kappa shape index (κ3) is 8.58. The van der Waals surface area contributed by atoms with E-state index in [0.29, 0.717) is 34.3 Å². The number of anilines is 1. The van der Waals surface area contributed by atoms with Gasteiger partial charge in [0.15, 0.2) is 0 Å². The number of alkyl halides is 4. The van der Waals surface area contributed by atoms with Gasteiger partial charge in [-0.15, -0.1) is 13.2 Å². The summed E-state index contributed by atoms with van der Waals surface area (Å²) in [6.45, 7) is 5.11. The first-order valence-corrected chi connectivity index (χ1v) is 15.1. The number of esters is 1. The van der Waals surface area contributed by atoms with Crippen molar-refractivity contribution in [2.45, 2.75) is 71.0 Å². The van der Waals surface area contributed by atoms with Crippen molar-refractivity contribution in [3.63, 3.8) is 0 Å². The van der Waals surface area contributed by atoms with Gasteiger partial charge in [0.05, 0.1) is 11.1 Å². The number of fused-ring (bicyclic) bond motifs is 1. The molecule has 1 aromatic heterocycles. The van der Waals surface area contributed by atoms with E-state index in [-0.39, 0.29) is 31.4 Å². The largest absolute Gasteiger partial charge is 0.573 e. The lowest BCUT2D eigenvalue weighted by Crippen LogP contribution is -2.31. The molecule has 1 aliphatic rings. The highest BCUT2D eigenvalue weighted by molar-refractivity contribution is 9.10. The summed E-state index contributed by atoms with van der Waals surface area (Å²) in [6.07, 6.45) is -4.43. The number of nitrogens with one attached hydrogen (secondary N) is 1. The summed E-state index contributed by atoms with van der Waals surface area (Å²) >= 11 is 3.46. The molecule has 1 fully saturated rings. The minimum atomic E-state index is -4.95. The Balaban J connectivity index is 1.63. The zero-order chi connectivity index (χ0) is 31.1. The minimum Gasteiger partial charge on any atom is -0.431 e. The maximum Gasteiger partial charge on any atom is 0.573 e. The van der Waals surface area contributed by atoms with Gasteiger partial charge in [-0.25, -0.2) is 9.37 Å². The fourth-order valence-electron chi connectivity index (χ4n) is 5.33. The number of halogens is 5. The Kier molecular flexibility index (Phi) is 10.9. The maximum absolute atomic E-state index is 13.9. The third-order valence-electron chi connectivity index (χ3n) is 7.36. The van der Waals surface area contributed by atoms with Gasteiger partial charge in [0.1, 0.15) is 11.6 Å². The van der Waals surface area contributed by atoms with Crippen LogP contribution in [-0.2, 0) is 9.53 Å². The molecule has 7 nitrogen and oxygen atoms in total. The van der Waals surface area contributed by atoms with Crippen molar-refractivity contribution in [2.75, 3.05) is 24.5 Å². The van der Waals surface area contributed by atoms with Crippen LogP contribution in [-0.4, -0.2) is 49.2 Å². The average molecular weight is 669 g/mol. The molecule has 2 unspecified atom stereocenters. The molecule has 2 heterocycles. The van der Waals surface area contributed by atoms with E-state index in [4.69, 9.17) is 9.72 Å². The predicted octanol–water partition coefficient (Wildman–Crippen LogP) is 7.74. The fourth-order valence-corrected chi connectivity index (χ4v) is 5.70. The Morgan fingerprint density at radius 3 is 2.53 bits per heavy atom. The molecule has 0 bridgehead atoms. The zero-order valence-electron chi connectivity index (χ0n) is 24.0. The van der Waals surface area contributed by atoms with Crippen molar-refractivity contribution in [1.82, 2.24) is 10.3 Å². The van der Waals surface area contributed by atoms with Crippen molar-refractivity contribution >= 4 is 44.5 Å². The zero-order valence-corrected chi connectivity index (χ0v) is 25.6. The number of pyridine rings is 1. The minimum absolute atomic E-state index is 0.0170. The molecule has 43 heavy (non-hydrogen) atoms. The van der Waals surface area contributed by atoms with E-state index in [0.717, 1.165) is 30.4 Å². The molecule has 3 aromatic rings. The lowest BCUT2D eigenvalue weighted by Gasteiger charge is -2.24. The van der Waals surface area contributed by atoms with Gasteiger partial charge in [-0.05, 0) is 62.4 Å². The number of para-hydroxylation sites is 1. The normalized spacial score (nSPS) is 14.9. The van der Waals surface area contributed by atoms with Crippen LogP contribution in [0.25, 0.3) is 10.9 Å². The van der Waals surface area contributed by atoms with Crippen LogP contribution in [0.4, 0.5) is 23.4 Å². The van der Waals surface area contributed by atoms with Crippen LogP contribution >= 0.6 is 15.9 Å². The van der Waals surface area contributed by atoms with Gasteiger partial charge in [0.2, 0.25) is 6.36 Å². The van der Waals surface area contributed by atoms with Crippen molar-refractivity contribution in [3.8, 4) is 5.75 Å². The van der Waals surface area contributed by atoms with Crippen LogP contribution in [0.5, 0.6) is 5.75 Å². The Bertz CT molecular complexity index is 1450. The quantitative estimate of drug-likeness (QED) is 0.157. The molecule has 1 N–H and O–H groups in total. The number of nitrogens with zero attached hydrogens (tertiary/aromatic N) is 2. The molecule has 12 heteroatoms. The van der Waals surface area contributed by atoms with E-state index >= 15 is 0 Å². The molecule has 0 radical (unpaired) electrons. The van der Waals surface area contributed by atoms with Gasteiger partial charge in [0.25, 0.3) is 5.91 Å². The highest BCUT2D eigenvalue weighted by Gasteiger charge is 2.33. The van der Waals surface area contributed by atoms with Crippen molar-refractivity contribution in [1.29, 1.82) is 0 Å². The highest BCUT2D eigenvalue weighted by Crippen LogP contribution is 2.35. The van der Waals surface area contributed by atoms with Crippen LogP contribution in [0, 0.1) is 6.92 Å². The second-order valence-electron chi connectivity index (χ2n) is 10.5. The Labute approximate surface area is 256 Å². The average Bonchev–Trinajstić information content (AvgIpc) is 3.47. The molecule has 232 valence electrons. The number of ether oxygens (including phenoxy) is 2. The van der Waals surface area contributed by atoms with E-state index < -0.39 is 36.3 Å². The smallest absolute Gasteiger partial charge is 0.431 e. The van der Waals surface area contributed by atoms with Gasteiger partial charge in [-0.1, -0.05) is 41.1 Å². The Hall–Kier alpha value is -3.41. The second kappa shape index (κ2) is 14.4. The van der Waals surface area contributed by atoms with Crippen LogP contribution in [0.15, 0.2) is 46.9 Å². The second-order valence-corrected chi connectivity index (χ2v) is 11.4. The monoisotopic (exact) mass is 667 g/mol. The topological polar surface area (TPSA) is 80.8 Å². The fraction of sp³-hybridized carbons (Fsp3) is 0.452. The number of rotatable bonds is 12. The number of hydrogen-bond acceptors (Lipinski definition) is 6. The number of hydrogen-bond donors (Lipinski definition) is 1. The lowest BCUT2D eigenvalue weighted by molar-refractivity contribution is -0.275. The number of carbonyl (C=O) groups excluding carboxylic acids is 2. The number of amides is 1. The van der Waals surface area contributed by atoms with E-state index in [1.807, 2.05) is 25.1 Å². The molecular formula is C31H34BrF4N3O4. The highest BCUT2D eigenvalue weighted by atomic mass is 79.9. The summed E-state index contributed by atoms with van der Waals surface area (Å²) in [4.78, 5) is 33.2. The standard InChI is InChI=1S/C31H34BrF4N3O4/c1-3-8-26(33)42-27(40)14-11-20(22-9-4-5-10-25(22)43-31(34,35)36)18-37-30(41)28-19(2)29(39-15-6-7-16-39)38-24-13-12-21(32)17-23(24)28/h4-5,9-10,12-13,17,20,26H,3,6-8,11,14-16,18H2,1-2H3,(H,37,41). The van der Waals surface area contributed by atoms with E-state index in [1.165, 1.54) is 18.2 Å². The molecule has 1 aliphatic heterocycles. The summed E-state index contributed by atoms with van der Waals surface area (Å²) in [5, 5.41) is 3.50. The predicted molar refractivity (Wildman–Crippen MR) is 159 cm³/mol. The SMILES string of the molecule is CCCC(F)OC(=O)CCC(CNC(=O)c1c(C)c(N2CCCC2)nc2ccc(Br)cc12)c1ccccc1OC(F)(F)F. The van der Waals surface area contributed by atoms with Crippen LogP contribution in [0.3, 0.4) is 0 Å². The van der Waals surface area contributed by atoms with Crippen molar-refractivity contribution in [3.05, 3.63) is 63.6 Å². The van der Waals surface area contributed by atoms with Gasteiger partial charge >= 0.3 is 12.3 Å². The van der Waals surface area contributed by atoms with Crippen molar-refractivity contribution in [2.24, 2.45) is 0 Å². The molecule has 0 spiro atoms. The van der Waals surface area contributed by atoms with E-state index in [9.17, 15) is 27.2 Å². The lowest BCUT2D eigenvalue weighted by atomic mass is 9.92. The van der Waals surface area contributed by atoms with Crippen LogP contribution in [0.2, 0.25) is 0 Å². The summed E-state index contributed by atoms with van der Waals surface area (Å²) in [5.41, 5.74) is 1.88. The molecule has 1 saturated heterocycles. The van der Waals surface area contributed by atoms with Gasteiger partial charge in [-0.2, -0.15) is 0 Å². The maximum atomic E-state index is 13.9. The molecule has 2 aromatic carbocycles. The molecule has 1 amide bonds. The van der Waals surface area contributed by atoms with Crippen LogP contribution < -0.4 is 15.0 Å². The summed E-state index contributed by atoms with van der Waals surface area (Å²) in [6, 6.07) is 11.0. The summed E-state index contributed by atoms with van der Waals surface area (Å²) < 4.78 is 63.4. The molecular weight excluding hydrogens is 634 g/mol. The first-order valence-electron chi connectivity index (χ1n) is 14.3. The molecule has 2 atom stereocenters. The summed E-state index contributed by atoms with van der Waals surface area (Å²) in [5.74, 6) is -1.76. The van der Waals surface area contributed by atoms with E-state index in [1.54, 1.807) is 13.0 Å². The van der Waals surface area contributed by atoms with Gasteiger partial charge in [-0.3, -0.25) is 9.59 Å². The van der Waals surface area contributed by atoms with Crippen molar-refractivity contribution < 1.29 is 36.6 Å². The van der Waals surface area contributed by atoms with E-state index in [2.05, 4.69) is 30.9 Å². The molecule has 0 aliphatic carbocycles. The number of carbonyl (C=O) groups is 2. The third-order valence-corrected chi connectivity index (χ3v) is 7.86. The first-order chi connectivity index (χ1) is 20.5.